The summed E-state index contributed by atoms with van der Waals surface area (Å²) in [4.78, 5) is 0. The number of fused-ring (bicyclic) bond motifs is 1. The summed E-state index contributed by atoms with van der Waals surface area (Å²) in [5.41, 5.74) is 9.85. The van der Waals surface area contributed by atoms with Gasteiger partial charge in [0.1, 0.15) is 13.2 Å². The van der Waals surface area contributed by atoms with E-state index < -0.39 is 0 Å². The third kappa shape index (κ3) is 2.49. The Hall–Kier alpha value is -2.00. The fraction of sp³-hybridized carbons (Fsp3) is 0.294. The van der Waals surface area contributed by atoms with Crippen LogP contribution in [0.3, 0.4) is 0 Å². The lowest BCUT2D eigenvalue weighted by Crippen LogP contribution is -2.17. The van der Waals surface area contributed by atoms with Crippen LogP contribution in [0.4, 0.5) is 0 Å². The van der Waals surface area contributed by atoms with E-state index in [1.165, 1.54) is 5.56 Å². The summed E-state index contributed by atoms with van der Waals surface area (Å²) < 4.78 is 11.1. The molecule has 1 heterocycles. The van der Waals surface area contributed by atoms with Crippen molar-refractivity contribution in [1.82, 2.24) is 0 Å². The van der Waals surface area contributed by atoms with Crippen molar-refractivity contribution in [2.24, 2.45) is 5.73 Å². The molecule has 0 bridgehead atoms. The van der Waals surface area contributed by atoms with Gasteiger partial charge in [-0.15, -0.1) is 0 Å². The summed E-state index contributed by atoms with van der Waals surface area (Å²) in [6, 6.07) is 14.2. The molecule has 1 atom stereocenters. The number of rotatable bonds is 3. The predicted molar refractivity (Wildman–Crippen MR) is 79.3 cm³/mol. The predicted octanol–water partition coefficient (Wildman–Crippen LogP) is 3.07. The van der Waals surface area contributed by atoms with Gasteiger partial charge in [-0.1, -0.05) is 37.3 Å². The Balaban J connectivity index is 1.91. The van der Waals surface area contributed by atoms with E-state index in [1.54, 1.807) is 0 Å². The molecule has 2 aromatic carbocycles. The molecule has 3 nitrogen and oxygen atoms in total. The Morgan fingerprint density at radius 3 is 2.55 bits per heavy atom. The molecule has 0 aliphatic carbocycles. The number of benzene rings is 2. The SMILES string of the molecule is CCc1cccc(C(N)c2ccc3c(c2)OCCO3)c1. The van der Waals surface area contributed by atoms with Crippen LogP contribution in [-0.2, 0) is 6.42 Å². The van der Waals surface area contributed by atoms with Gasteiger partial charge >= 0.3 is 0 Å². The quantitative estimate of drug-likeness (QED) is 0.931. The van der Waals surface area contributed by atoms with Crippen molar-refractivity contribution < 1.29 is 9.47 Å². The summed E-state index contributed by atoms with van der Waals surface area (Å²) in [5, 5.41) is 0. The standard InChI is InChI=1S/C17H19NO2/c1-2-12-4-3-5-13(10-12)17(18)14-6-7-15-16(11-14)20-9-8-19-15/h3-7,10-11,17H,2,8-9,18H2,1H3. The van der Waals surface area contributed by atoms with E-state index in [-0.39, 0.29) is 6.04 Å². The zero-order valence-corrected chi connectivity index (χ0v) is 11.6. The number of nitrogens with two attached hydrogens (primary N) is 1. The number of hydrogen-bond acceptors (Lipinski definition) is 3. The second kappa shape index (κ2) is 5.55. The molecule has 0 aromatic heterocycles. The molecule has 0 radical (unpaired) electrons. The van der Waals surface area contributed by atoms with E-state index in [4.69, 9.17) is 15.2 Å². The average molecular weight is 269 g/mol. The molecule has 3 rings (SSSR count). The highest BCUT2D eigenvalue weighted by atomic mass is 16.6. The van der Waals surface area contributed by atoms with Crippen LogP contribution in [0.25, 0.3) is 0 Å². The minimum absolute atomic E-state index is 0.141. The molecule has 104 valence electrons. The third-order valence-corrected chi connectivity index (χ3v) is 3.64. The van der Waals surface area contributed by atoms with Gasteiger partial charge in [-0.3, -0.25) is 0 Å². The summed E-state index contributed by atoms with van der Waals surface area (Å²) in [6.07, 6.45) is 1.02. The van der Waals surface area contributed by atoms with E-state index in [1.807, 2.05) is 18.2 Å². The van der Waals surface area contributed by atoms with Gasteiger partial charge in [0.05, 0.1) is 6.04 Å². The van der Waals surface area contributed by atoms with Gasteiger partial charge in [0.2, 0.25) is 0 Å². The maximum atomic E-state index is 6.38. The normalized spacial score (nSPS) is 14.9. The van der Waals surface area contributed by atoms with Crippen molar-refractivity contribution >= 4 is 0 Å². The Morgan fingerprint density at radius 1 is 1.00 bits per heavy atom. The molecular weight excluding hydrogens is 250 g/mol. The van der Waals surface area contributed by atoms with Crippen molar-refractivity contribution in [1.29, 1.82) is 0 Å². The Kier molecular flexibility index (Phi) is 3.61. The van der Waals surface area contributed by atoms with Crippen LogP contribution in [0.5, 0.6) is 11.5 Å². The fourth-order valence-corrected chi connectivity index (χ4v) is 2.45. The van der Waals surface area contributed by atoms with Crippen molar-refractivity contribution in [3.05, 3.63) is 59.2 Å². The van der Waals surface area contributed by atoms with Crippen LogP contribution in [0, 0.1) is 0 Å². The highest BCUT2D eigenvalue weighted by Crippen LogP contribution is 2.33. The Morgan fingerprint density at radius 2 is 1.75 bits per heavy atom. The van der Waals surface area contributed by atoms with Gasteiger partial charge < -0.3 is 15.2 Å². The van der Waals surface area contributed by atoms with Crippen LogP contribution < -0.4 is 15.2 Å². The maximum absolute atomic E-state index is 6.38. The van der Waals surface area contributed by atoms with Gasteiger partial charge in [0.25, 0.3) is 0 Å². The number of ether oxygens (including phenoxy) is 2. The van der Waals surface area contributed by atoms with E-state index in [2.05, 4.69) is 31.2 Å². The Labute approximate surface area is 119 Å². The van der Waals surface area contributed by atoms with Gasteiger partial charge in [-0.25, -0.2) is 0 Å². The first-order valence-corrected chi connectivity index (χ1v) is 7.02. The minimum Gasteiger partial charge on any atom is -0.486 e. The lowest BCUT2D eigenvalue weighted by Gasteiger charge is -2.21. The van der Waals surface area contributed by atoms with Crippen molar-refractivity contribution in [2.75, 3.05) is 13.2 Å². The minimum atomic E-state index is -0.141. The topological polar surface area (TPSA) is 44.5 Å². The third-order valence-electron chi connectivity index (χ3n) is 3.64. The van der Waals surface area contributed by atoms with Crippen LogP contribution in [-0.4, -0.2) is 13.2 Å². The van der Waals surface area contributed by atoms with Gasteiger partial charge in [0, 0.05) is 0 Å². The van der Waals surface area contributed by atoms with Crippen LogP contribution >= 0.6 is 0 Å². The highest BCUT2D eigenvalue weighted by molar-refractivity contribution is 5.46. The summed E-state index contributed by atoms with van der Waals surface area (Å²) in [6.45, 7) is 3.35. The maximum Gasteiger partial charge on any atom is 0.161 e. The van der Waals surface area contributed by atoms with E-state index in [0.717, 1.165) is 29.0 Å². The molecule has 1 unspecified atom stereocenters. The van der Waals surface area contributed by atoms with Gasteiger partial charge in [0.15, 0.2) is 11.5 Å². The lowest BCUT2D eigenvalue weighted by molar-refractivity contribution is 0.171. The summed E-state index contributed by atoms with van der Waals surface area (Å²) >= 11 is 0. The molecule has 0 saturated carbocycles. The van der Waals surface area contributed by atoms with Crippen molar-refractivity contribution in [3.63, 3.8) is 0 Å². The molecule has 0 saturated heterocycles. The second-order valence-electron chi connectivity index (χ2n) is 4.98. The largest absolute Gasteiger partial charge is 0.486 e. The first kappa shape index (κ1) is 13.0. The molecule has 3 heteroatoms. The second-order valence-corrected chi connectivity index (χ2v) is 4.98. The monoisotopic (exact) mass is 269 g/mol. The molecule has 0 fully saturated rings. The molecular formula is C17H19NO2. The van der Waals surface area contributed by atoms with E-state index in [0.29, 0.717) is 13.2 Å². The van der Waals surface area contributed by atoms with Crippen LogP contribution in [0.1, 0.15) is 29.7 Å². The van der Waals surface area contributed by atoms with Gasteiger partial charge in [-0.2, -0.15) is 0 Å². The number of hydrogen-bond donors (Lipinski definition) is 1. The van der Waals surface area contributed by atoms with Crippen LogP contribution in [0.2, 0.25) is 0 Å². The lowest BCUT2D eigenvalue weighted by atomic mass is 9.97. The molecule has 20 heavy (non-hydrogen) atoms. The first-order chi connectivity index (χ1) is 9.78. The smallest absolute Gasteiger partial charge is 0.161 e. The highest BCUT2D eigenvalue weighted by Gasteiger charge is 2.15. The molecule has 2 aromatic rings. The van der Waals surface area contributed by atoms with Crippen molar-refractivity contribution in [3.8, 4) is 11.5 Å². The molecule has 1 aliphatic rings. The summed E-state index contributed by atoms with van der Waals surface area (Å²) in [7, 11) is 0. The zero-order valence-electron chi connectivity index (χ0n) is 11.6. The molecule has 1 aliphatic heterocycles. The van der Waals surface area contributed by atoms with E-state index >= 15 is 0 Å². The molecule has 0 spiro atoms. The van der Waals surface area contributed by atoms with E-state index in [9.17, 15) is 0 Å². The van der Waals surface area contributed by atoms with Crippen molar-refractivity contribution in [2.45, 2.75) is 19.4 Å². The Bertz CT molecular complexity index is 610. The summed E-state index contributed by atoms with van der Waals surface area (Å²) in [5.74, 6) is 1.59. The molecule has 0 amide bonds. The number of aryl methyl sites for hydroxylation is 1. The first-order valence-electron chi connectivity index (χ1n) is 7.02. The average Bonchev–Trinajstić information content (AvgIpc) is 2.53. The fourth-order valence-electron chi connectivity index (χ4n) is 2.45. The molecule has 2 N–H and O–H groups in total. The zero-order chi connectivity index (χ0) is 13.9. The van der Waals surface area contributed by atoms with Crippen LogP contribution in [0.15, 0.2) is 42.5 Å². The van der Waals surface area contributed by atoms with Gasteiger partial charge in [-0.05, 0) is 35.2 Å².